The molecule has 1 fully saturated rings. The number of nitrogens with one attached hydrogen (secondary N) is 2. The van der Waals surface area contributed by atoms with Crippen LogP contribution in [0.25, 0.3) is 10.9 Å². The molecule has 6 heteroatoms. The van der Waals surface area contributed by atoms with Crippen molar-refractivity contribution in [2.45, 2.75) is 25.2 Å². The zero-order valence-corrected chi connectivity index (χ0v) is 13.1. The summed E-state index contributed by atoms with van der Waals surface area (Å²) >= 11 is 0. The predicted octanol–water partition coefficient (Wildman–Crippen LogP) is 2.15. The van der Waals surface area contributed by atoms with Gasteiger partial charge in [-0.3, -0.25) is 0 Å². The van der Waals surface area contributed by atoms with Gasteiger partial charge in [0, 0.05) is 29.1 Å². The van der Waals surface area contributed by atoms with Crippen LogP contribution in [0.15, 0.2) is 24.4 Å². The molecule has 21 heavy (non-hydrogen) atoms. The summed E-state index contributed by atoms with van der Waals surface area (Å²) in [4.78, 5) is 3.26. The van der Waals surface area contributed by atoms with Gasteiger partial charge in [0.1, 0.15) is 5.75 Å². The summed E-state index contributed by atoms with van der Waals surface area (Å²) < 4.78 is 31.3. The third-order valence-electron chi connectivity index (χ3n) is 4.32. The number of methoxy groups -OCH3 is 1. The highest BCUT2D eigenvalue weighted by Gasteiger charge is 2.46. The fourth-order valence-electron chi connectivity index (χ4n) is 2.71. The summed E-state index contributed by atoms with van der Waals surface area (Å²) in [6, 6.07) is 5.92. The first kappa shape index (κ1) is 14.4. The molecule has 0 amide bonds. The number of sulfonamides is 1. The average molecular weight is 308 g/mol. The van der Waals surface area contributed by atoms with Crippen molar-refractivity contribution in [3.63, 3.8) is 0 Å². The van der Waals surface area contributed by atoms with Gasteiger partial charge < -0.3 is 9.72 Å². The van der Waals surface area contributed by atoms with Crippen molar-refractivity contribution in [2.24, 2.45) is 0 Å². The Morgan fingerprint density at radius 1 is 1.38 bits per heavy atom. The minimum Gasteiger partial charge on any atom is -0.497 e. The van der Waals surface area contributed by atoms with Crippen LogP contribution in [0, 0.1) is 0 Å². The normalized spacial score (nSPS) is 17.0. The first-order chi connectivity index (χ1) is 10.00. The van der Waals surface area contributed by atoms with Crippen molar-refractivity contribution in [3.8, 4) is 5.75 Å². The van der Waals surface area contributed by atoms with Crippen LogP contribution in [0.2, 0.25) is 0 Å². The van der Waals surface area contributed by atoms with Crippen molar-refractivity contribution in [1.29, 1.82) is 0 Å². The highest BCUT2D eigenvalue weighted by atomic mass is 32.2. The fourth-order valence-corrected chi connectivity index (χ4v) is 3.41. The van der Waals surface area contributed by atoms with Crippen LogP contribution in [0.3, 0.4) is 0 Å². The maximum atomic E-state index is 11.7. The molecule has 1 aliphatic rings. The molecule has 3 rings (SSSR count). The van der Waals surface area contributed by atoms with Crippen LogP contribution in [-0.2, 0) is 15.4 Å². The van der Waals surface area contributed by atoms with Gasteiger partial charge in [-0.2, -0.15) is 0 Å². The largest absolute Gasteiger partial charge is 0.497 e. The molecule has 114 valence electrons. The minimum absolute atomic E-state index is 0.0765. The molecule has 0 radical (unpaired) electrons. The van der Waals surface area contributed by atoms with Gasteiger partial charge in [-0.25, -0.2) is 13.1 Å². The van der Waals surface area contributed by atoms with E-state index < -0.39 is 10.0 Å². The van der Waals surface area contributed by atoms with Crippen LogP contribution >= 0.6 is 0 Å². The lowest BCUT2D eigenvalue weighted by atomic mass is 9.95. The highest BCUT2D eigenvalue weighted by Crippen LogP contribution is 2.50. The van der Waals surface area contributed by atoms with Crippen molar-refractivity contribution >= 4 is 20.9 Å². The number of aromatic amines is 1. The summed E-state index contributed by atoms with van der Waals surface area (Å²) in [5, 5.41) is 1.11. The van der Waals surface area contributed by atoms with Gasteiger partial charge in [-0.1, -0.05) is 0 Å². The van der Waals surface area contributed by atoms with Crippen molar-refractivity contribution in [3.05, 3.63) is 30.0 Å². The van der Waals surface area contributed by atoms with Gasteiger partial charge in [0.15, 0.2) is 0 Å². The average Bonchev–Trinajstić information content (AvgIpc) is 3.16. The Hall–Kier alpha value is -1.53. The molecule has 2 N–H and O–H groups in total. The van der Waals surface area contributed by atoms with E-state index in [1.807, 2.05) is 24.4 Å². The number of ether oxygens (including phenoxy) is 1. The van der Waals surface area contributed by atoms with Gasteiger partial charge in [-0.15, -0.1) is 0 Å². The van der Waals surface area contributed by atoms with Gasteiger partial charge in [0.25, 0.3) is 0 Å². The lowest BCUT2D eigenvalue weighted by Crippen LogP contribution is -2.33. The molecule has 0 aliphatic heterocycles. The van der Waals surface area contributed by atoms with Crippen LogP contribution in [0.4, 0.5) is 0 Å². The SMILES string of the molecule is CCS(=O)(=O)NCC1(c2c[nH]c3ccc(OC)cc23)CC1. The number of rotatable bonds is 6. The van der Waals surface area contributed by atoms with Crippen LogP contribution in [0.5, 0.6) is 5.75 Å². The number of fused-ring (bicyclic) bond motifs is 1. The summed E-state index contributed by atoms with van der Waals surface area (Å²) in [6.07, 6.45) is 4.00. The van der Waals surface area contributed by atoms with E-state index in [0.29, 0.717) is 6.54 Å². The topological polar surface area (TPSA) is 71.2 Å². The van der Waals surface area contributed by atoms with Crippen molar-refractivity contribution < 1.29 is 13.2 Å². The smallest absolute Gasteiger partial charge is 0.211 e. The summed E-state index contributed by atoms with van der Waals surface area (Å²) in [5.41, 5.74) is 2.15. The second-order valence-corrected chi connectivity index (χ2v) is 7.71. The second kappa shape index (κ2) is 5.03. The lowest BCUT2D eigenvalue weighted by molar-refractivity contribution is 0.415. The standard InChI is InChI=1S/C15H20N2O3S/c1-3-21(18,19)17-10-15(6-7-15)13-9-16-14-5-4-11(20-2)8-12(13)14/h4-5,8-9,16-17H,3,6-7,10H2,1-2H3. The van der Waals surface area contributed by atoms with E-state index in [1.165, 1.54) is 5.56 Å². The van der Waals surface area contributed by atoms with Crippen LogP contribution in [0.1, 0.15) is 25.3 Å². The molecule has 2 aromatic rings. The van der Waals surface area contributed by atoms with E-state index in [0.717, 1.165) is 29.5 Å². The van der Waals surface area contributed by atoms with Gasteiger partial charge >= 0.3 is 0 Å². The molecule has 0 unspecified atom stereocenters. The molecular formula is C15H20N2O3S. The van der Waals surface area contributed by atoms with E-state index in [2.05, 4.69) is 9.71 Å². The highest BCUT2D eigenvalue weighted by molar-refractivity contribution is 7.89. The van der Waals surface area contributed by atoms with E-state index in [4.69, 9.17) is 4.74 Å². The van der Waals surface area contributed by atoms with Crippen molar-refractivity contribution in [2.75, 3.05) is 19.4 Å². The first-order valence-corrected chi connectivity index (χ1v) is 8.78. The van der Waals surface area contributed by atoms with Crippen LogP contribution < -0.4 is 9.46 Å². The van der Waals surface area contributed by atoms with E-state index in [1.54, 1.807) is 14.0 Å². The molecule has 0 spiro atoms. The number of hydrogen-bond acceptors (Lipinski definition) is 3. The van der Waals surface area contributed by atoms with Crippen molar-refractivity contribution in [1.82, 2.24) is 9.71 Å². The summed E-state index contributed by atoms with van der Waals surface area (Å²) in [6.45, 7) is 2.12. The number of hydrogen-bond donors (Lipinski definition) is 2. The maximum absolute atomic E-state index is 11.7. The number of benzene rings is 1. The molecule has 0 saturated heterocycles. The Morgan fingerprint density at radius 2 is 2.14 bits per heavy atom. The molecule has 1 aromatic heterocycles. The number of H-pyrrole nitrogens is 1. The Labute approximate surface area is 124 Å². The molecule has 1 aliphatic carbocycles. The van der Waals surface area contributed by atoms with Gasteiger partial charge in [0.2, 0.25) is 10.0 Å². The Bertz CT molecular complexity index is 760. The molecule has 1 aromatic carbocycles. The minimum atomic E-state index is -3.15. The van der Waals surface area contributed by atoms with Gasteiger partial charge in [-0.05, 0) is 43.5 Å². The molecule has 0 bridgehead atoms. The molecular weight excluding hydrogens is 288 g/mol. The third-order valence-corrected chi connectivity index (χ3v) is 5.67. The third kappa shape index (κ3) is 2.65. The zero-order valence-electron chi connectivity index (χ0n) is 12.3. The maximum Gasteiger partial charge on any atom is 0.211 e. The second-order valence-electron chi connectivity index (χ2n) is 5.62. The van der Waals surface area contributed by atoms with E-state index in [9.17, 15) is 8.42 Å². The van der Waals surface area contributed by atoms with Gasteiger partial charge in [0.05, 0.1) is 12.9 Å². The fraction of sp³-hybridized carbons (Fsp3) is 0.467. The quantitative estimate of drug-likeness (QED) is 0.859. The molecule has 1 saturated carbocycles. The Morgan fingerprint density at radius 3 is 2.76 bits per heavy atom. The first-order valence-electron chi connectivity index (χ1n) is 7.13. The molecule has 1 heterocycles. The monoisotopic (exact) mass is 308 g/mol. The molecule has 0 atom stereocenters. The Balaban J connectivity index is 1.92. The van der Waals surface area contributed by atoms with E-state index in [-0.39, 0.29) is 11.2 Å². The van der Waals surface area contributed by atoms with E-state index >= 15 is 0 Å². The molecule has 5 nitrogen and oxygen atoms in total. The number of aromatic nitrogens is 1. The summed E-state index contributed by atoms with van der Waals surface area (Å²) in [5.74, 6) is 0.929. The predicted molar refractivity (Wildman–Crippen MR) is 83.2 cm³/mol. The van der Waals surface area contributed by atoms with Crippen LogP contribution in [-0.4, -0.2) is 32.8 Å². The lowest BCUT2D eigenvalue weighted by Gasteiger charge is -2.15. The summed E-state index contributed by atoms with van der Waals surface area (Å²) in [7, 11) is -1.51. The zero-order chi connectivity index (χ0) is 15.1. The Kier molecular flexibility index (Phi) is 3.45.